The van der Waals surface area contributed by atoms with Crippen molar-refractivity contribution in [1.29, 1.82) is 0 Å². The third-order valence-electron chi connectivity index (χ3n) is 12.0. The fourth-order valence-corrected chi connectivity index (χ4v) is 12.8. The van der Waals surface area contributed by atoms with Crippen LogP contribution in [-0.2, 0) is 10.9 Å². The number of benzene rings is 7. The Morgan fingerprint density at radius 1 is 0.303 bits per heavy atom. The highest BCUT2D eigenvalue weighted by Gasteiger charge is 2.52. The molecule has 0 nitrogen and oxygen atoms in total. The van der Waals surface area contributed by atoms with Crippen LogP contribution < -0.4 is 21.9 Å². The highest BCUT2D eigenvalue weighted by molar-refractivity contribution is 7.99. The van der Waals surface area contributed by atoms with Crippen LogP contribution >= 0.6 is 22.7 Å². The molecule has 0 aliphatic heterocycles. The minimum Gasteiger partial charge on any atom is -0.207 e. The lowest BCUT2D eigenvalue weighted by atomic mass is 9.12. The number of hydrogen-bond donors (Lipinski definition) is 0. The maximum atomic E-state index is 15.4. The van der Waals surface area contributed by atoms with Gasteiger partial charge in [-0.25, -0.2) is 87.8 Å². The van der Waals surface area contributed by atoms with Gasteiger partial charge < -0.3 is 0 Å². The minimum atomic E-state index is -7.22. The van der Waals surface area contributed by atoms with Gasteiger partial charge in [0.15, 0.2) is 79.6 Å². The molecule has 2 heterocycles. The molecule has 0 spiro atoms. The van der Waals surface area contributed by atoms with E-state index in [1.165, 1.54) is 46.0 Å². The van der Waals surface area contributed by atoms with Crippen LogP contribution in [0.25, 0.3) is 20.9 Å². The zero-order chi connectivity index (χ0) is 55.6. The molecule has 0 fully saturated rings. The van der Waals surface area contributed by atoms with E-state index in [0.29, 0.717) is 0 Å². The molecule has 9 aromatic rings. The van der Waals surface area contributed by atoms with Gasteiger partial charge in [0, 0.05) is 15.8 Å². The van der Waals surface area contributed by atoms with Gasteiger partial charge in [0.25, 0.3) is 0 Å². The Morgan fingerprint density at radius 3 is 0.855 bits per heavy atom. The smallest absolute Gasteiger partial charge is 0.207 e. The summed E-state index contributed by atoms with van der Waals surface area (Å²) < 4.78 is 295. The lowest BCUT2D eigenvalue weighted by Gasteiger charge is -2.44. The topological polar surface area (TPSA) is 0 Å². The summed E-state index contributed by atoms with van der Waals surface area (Å²) in [6.45, 7) is 4.30. The van der Waals surface area contributed by atoms with Crippen molar-refractivity contribution in [2.45, 2.75) is 27.8 Å². The summed E-state index contributed by atoms with van der Waals surface area (Å²) in [5, 5.41) is 2.13. The van der Waals surface area contributed by atoms with Gasteiger partial charge >= 0.3 is 0 Å². The van der Waals surface area contributed by atoms with Gasteiger partial charge in [-0.2, -0.15) is 0 Å². The SMILES string of the molecule is Cc1ccc([S+](c2ccc(C)cc2)c2ccc(-c3ccc(-c4cccs4)cc3)s2)cc1.Fc1c(F)c(F)c([B-](c2c(F)c(F)c(F)c(F)c2F)(c2c(F)c(F)c(F)c(F)c2F)c2c(F)c(F)c(F)c(F)c2F)c(F)c1F. The van der Waals surface area contributed by atoms with Crippen LogP contribution in [0.5, 0.6) is 0 Å². The molecule has 24 heteroatoms. The van der Waals surface area contributed by atoms with E-state index < -0.39 is 144 Å². The molecule has 0 N–H and O–H groups in total. The van der Waals surface area contributed by atoms with Gasteiger partial charge in [0.2, 0.25) is 4.21 Å². The second kappa shape index (κ2) is 21.2. The summed E-state index contributed by atoms with van der Waals surface area (Å²) in [5.41, 5.74) is -9.16. The van der Waals surface area contributed by atoms with E-state index in [9.17, 15) is 52.7 Å². The fourth-order valence-electron chi connectivity index (χ4n) is 8.42. The van der Waals surface area contributed by atoms with Gasteiger partial charge in [-0.15, -0.1) is 33.2 Å². The van der Waals surface area contributed by atoms with Crippen LogP contribution in [0.4, 0.5) is 87.8 Å². The molecule has 0 saturated heterocycles. The maximum absolute atomic E-state index is 15.4. The quantitative estimate of drug-likeness (QED) is 0.0444. The van der Waals surface area contributed by atoms with E-state index in [0.717, 1.165) is 0 Å². The van der Waals surface area contributed by atoms with Crippen LogP contribution in [-0.4, -0.2) is 6.15 Å². The van der Waals surface area contributed by atoms with Gasteiger partial charge in [-0.05, 0) is 66.8 Å². The highest BCUT2D eigenvalue weighted by Crippen LogP contribution is 2.40. The standard InChI is InChI=1S/C28H23S3.C24BF20/c1-20-5-13-24(14-6-20)31(25-15-7-21(2)8-16-25)28-18-17-27(30-28)23-11-9-22(10-12-23)26-4-3-19-29-26;26-5-1(6(27)14(35)21(42)13(5)34)25(2-7(28)15(36)22(43)16(37)8(2)29,3-9(30)17(38)23(44)18(39)10(3)31)4-11(32)19(40)24(45)20(41)12(4)33/h3-19H,1-2H3;/q+1;-1. The van der Waals surface area contributed by atoms with Crippen LogP contribution in [0, 0.1) is 130 Å². The van der Waals surface area contributed by atoms with Crippen molar-refractivity contribution in [2.24, 2.45) is 0 Å². The van der Waals surface area contributed by atoms with Gasteiger partial charge in [0.05, 0.1) is 0 Å². The first kappa shape index (κ1) is 55.2. The number of halogens is 20. The predicted octanol–water partition coefficient (Wildman–Crippen LogP) is 14.7. The number of thiophene rings is 2. The molecular formula is C52H23BF20S3. The normalized spacial score (nSPS) is 11.7. The van der Waals surface area contributed by atoms with E-state index in [1.54, 1.807) is 11.3 Å². The molecule has 0 saturated carbocycles. The van der Waals surface area contributed by atoms with E-state index in [1.807, 2.05) is 11.3 Å². The monoisotopic (exact) mass is 1130 g/mol. The molecule has 0 radical (unpaired) electrons. The second-order valence-electron chi connectivity index (χ2n) is 16.4. The summed E-state index contributed by atoms with van der Waals surface area (Å²) in [4.78, 5) is 5.38. The summed E-state index contributed by atoms with van der Waals surface area (Å²) in [6.07, 6.45) is -7.22. The van der Waals surface area contributed by atoms with Crippen LogP contribution in [0.1, 0.15) is 11.1 Å². The largest absolute Gasteiger partial charge is 0.220 e. The molecule has 0 aliphatic carbocycles. The Bertz CT molecular complexity index is 3290. The molecule has 76 heavy (non-hydrogen) atoms. The molecule has 0 unspecified atom stereocenters. The Hall–Kier alpha value is -7.05. The van der Waals surface area contributed by atoms with Gasteiger partial charge in [-0.3, -0.25) is 0 Å². The highest BCUT2D eigenvalue weighted by atomic mass is 32.2. The lowest BCUT2D eigenvalue weighted by Crippen LogP contribution is -2.81. The molecule has 392 valence electrons. The second-order valence-corrected chi connectivity index (χ2v) is 20.7. The maximum Gasteiger partial charge on any atom is 0.220 e. The Balaban J connectivity index is 0.000000215. The molecular weight excluding hydrogens is 1110 g/mol. The molecule has 7 aromatic carbocycles. The number of rotatable bonds is 9. The first-order chi connectivity index (χ1) is 35.9. The summed E-state index contributed by atoms with van der Waals surface area (Å²) >= 11 is 3.70. The van der Waals surface area contributed by atoms with E-state index in [2.05, 4.69) is 116 Å². The molecule has 0 amide bonds. The number of aryl methyl sites for hydroxylation is 2. The summed E-state index contributed by atoms with van der Waals surface area (Å²) in [7, 11) is -0.0926. The van der Waals surface area contributed by atoms with E-state index in [-0.39, 0.29) is 10.9 Å². The Labute approximate surface area is 426 Å². The van der Waals surface area contributed by atoms with Crippen molar-refractivity contribution in [3.63, 3.8) is 0 Å². The first-order valence-corrected chi connectivity index (χ1v) is 24.1. The van der Waals surface area contributed by atoms with Crippen LogP contribution in [0.3, 0.4) is 0 Å². The van der Waals surface area contributed by atoms with Gasteiger partial charge in [0.1, 0.15) is 63.6 Å². The lowest BCUT2D eigenvalue weighted by molar-refractivity contribution is 0.378. The van der Waals surface area contributed by atoms with Crippen molar-refractivity contribution >= 4 is 61.6 Å². The molecule has 0 bridgehead atoms. The van der Waals surface area contributed by atoms with Crippen molar-refractivity contribution in [2.75, 3.05) is 0 Å². The van der Waals surface area contributed by atoms with E-state index in [4.69, 9.17) is 0 Å². The molecule has 2 aromatic heterocycles. The zero-order valence-electron chi connectivity index (χ0n) is 37.7. The Morgan fingerprint density at radius 2 is 0.579 bits per heavy atom. The fraction of sp³-hybridized carbons (Fsp3) is 0.0385. The third kappa shape index (κ3) is 9.09. The molecule has 0 aliphatic rings. The average Bonchev–Trinajstić information content (AvgIpc) is 4.15. The average molecular weight is 1130 g/mol. The molecule has 9 rings (SSSR count). The van der Waals surface area contributed by atoms with Crippen molar-refractivity contribution < 1.29 is 87.8 Å². The molecule has 0 atom stereocenters. The third-order valence-corrected chi connectivity index (χ3v) is 16.6. The van der Waals surface area contributed by atoms with Gasteiger partial charge in [-0.1, -0.05) is 77.1 Å². The Kier molecular flexibility index (Phi) is 15.4. The van der Waals surface area contributed by atoms with Crippen molar-refractivity contribution in [3.05, 3.63) is 230 Å². The van der Waals surface area contributed by atoms with E-state index >= 15 is 35.1 Å². The minimum absolute atomic E-state index is 0.0926. The predicted molar refractivity (Wildman–Crippen MR) is 247 cm³/mol. The summed E-state index contributed by atoms with van der Waals surface area (Å²) in [5.74, 6) is -71.4. The van der Waals surface area contributed by atoms with Crippen LogP contribution in [0.15, 0.2) is 116 Å². The zero-order valence-corrected chi connectivity index (χ0v) is 40.1. The van der Waals surface area contributed by atoms with Crippen molar-refractivity contribution in [3.8, 4) is 20.9 Å². The first-order valence-electron chi connectivity index (χ1n) is 21.2. The number of hydrogen-bond acceptors (Lipinski definition) is 2. The van der Waals surface area contributed by atoms with Crippen molar-refractivity contribution in [1.82, 2.24) is 0 Å². The van der Waals surface area contributed by atoms with Crippen LogP contribution in [0.2, 0.25) is 0 Å². The summed E-state index contributed by atoms with van der Waals surface area (Å²) in [6, 6.07) is 35.9.